The number of ether oxygens (including phenoxy) is 2. The van der Waals surface area contributed by atoms with Gasteiger partial charge in [0.15, 0.2) is 0 Å². The highest BCUT2D eigenvalue weighted by Crippen LogP contribution is 2.28. The first-order valence-electron chi connectivity index (χ1n) is 7.75. The van der Waals surface area contributed by atoms with Crippen LogP contribution in [-0.4, -0.2) is 25.9 Å². The van der Waals surface area contributed by atoms with Crippen LogP contribution in [0.2, 0.25) is 0 Å². The summed E-state index contributed by atoms with van der Waals surface area (Å²) in [5.41, 5.74) is 1.23. The largest absolute Gasteiger partial charge is 0.491 e. The van der Waals surface area contributed by atoms with Crippen molar-refractivity contribution in [1.29, 1.82) is 0 Å². The van der Waals surface area contributed by atoms with Gasteiger partial charge in [0.05, 0.1) is 6.10 Å². The molecule has 1 rings (SSSR count). The zero-order valence-electron chi connectivity index (χ0n) is 13.3. The second-order valence-electron chi connectivity index (χ2n) is 5.20. The van der Waals surface area contributed by atoms with Gasteiger partial charge in [0.2, 0.25) is 0 Å². The van der Waals surface area contributed by atoms with Crippen LogP contribution in [0.15, 0.2) is 24.3 Å². The van der Waals surface area contributed by atoms with E-state index in [1.165, 1.54) is 5.56 Å². The average Bonchev–Trinajstić information content (AvgIpc) is 2.43. The van der Waals surface area contributed by atoms with Gasteiger partial charge in [-0.05, 0) is 46.2 Å². The van der Waals surface area contributed by atoms with Crippen molar-refractivity contribution in [2.75, 3.05) is 19.8 Å². The van der Waals surface area contributed by atoms with Crippen molar-refractivity contribution >= 4 is 0 Å². The van der Waals surface area contributed by atoms with Crippen LogP contribution in [0.4, 0.5) is 0 Å². The van der Waals surface area contributed by atoms with Crippen LogP contribution in [0.1, 0.15) is 52.1 Å². The molecule has 20 heavy (non-hydrogen) atoms. The summed E-state index contributed by atoms with van der Waals surface area (Å²) in [6, 6.07) is 8.59. The second kappa shape index (κ2) is 9.78. The van der Waals surface area contributed by atoms with E-state index in [9.17, 15) is 0 Å². The van der Waals surface area contributed by atoms with Crippen molar-refractivity contribution in [1.82, 2.24) is 5.32 Å². The Kier molecular flexibility index (Phi) is 8.31. The third kappa shape index (κ3) is 5.93. The van der Waals surface area contributed by atoms with Crippen molar-refractivity contribution in [3.05, 3.63) is 29.8 Å². The van der Waals surface area contributed by atoms with E-state index < -0.39 is 0 Å². The van der Waals surface area contributed by atoms with E-state index >= 15 is 0 Å². The Bertz CT molecular complexity index is 366. The molecule has 1 aromatic carbocycles. The fourth-order valence-corrected chi connectivity index (χ4v) is 2.16. The predicted octanol–water partition coefficient (Wildman–Crippen LogP) is 3.94. The van der Waals surface area contributed by atoms with Crippen LogP contribution in [0.3, 0.4) is 0 Å². The Morgan fingerprint density at radius 3 is 2.55 bits per heavy atom. The minimum absolute atomic E-state index is 0.190. The Labute approximate surface area is 123 Å². The van der Waals surface area contributed by atoms with E-state index in [0.29, 0.717) is 0 Å². The highest BCUT2D eigenvalue weighted by Gasteiger charge is 2.15. The standard InChI is InChI=1S/C17H29NO2/c1-5-12-18-16(11-13-19-6-2)15-9-7-8-10-17(15)20-14(3)4/h7-10,14,16,18H,5-6,11-13H2,1-4H3. The summed E-state index contributed by atoms with van der Waals surface area (Å²) >= 11 is 0. The molecule has 1 N–H and O–H groups in total. The van der Waals surface area contributed by atoms with E-state index in [4.69, 9.17) is 9.47 Å². The zero-order chi connectivity index (χ0) is 14.8. The van der Waals surface area contributed by atoms with Crippen molar-refractivity contribution in [3.63, 3.8) is 0 Å². The number of hydrogen-bond acceptors (Lipinski definition) is 3. The van der Waals surface area contributed by atoms with Gasteiger partial charge in [0.25, 0.3) is 0 Å². The molecule has 1 atom stereocenters. The van der Waals surface area contributed by atoms with Crippen molar-refractivity contribution < 1.29 is 9.47 Å². The van der Waals surface area contributed by atoms with Crippen LogP contribution in [-0.2, 0) is 4.74 Å². The predicted molar refractivity (Wildman–Crippen MR) is 84.4 cm³/mol. The lowest BCUT2D eigenvalue weighted by Gasteiger charge is -2.23. The Hall–Kier alpha value is -1.06. The molecule has 0 saturated carbocycles. The molecule has 1 unspecified atom stereocenters. The van der Waals surface area contributed by atoms with E-state index in [1.807, 2.05) is 13.0 Å². The first kappa shape index (κ1) is 17.0. The highest BCUT2D eigenvalue weighted by molar-refractivity contribution is 5.36. The molecule has 1 aromatic rings. The molecule has 3 nitrogen and oxygen atoms in total. The van der Waals surface area contributed by atoms with E-state index in [1.54, 1.807) is 0 Å². The Morgan fingerprint density at radius 1 is 1.15 bits per heavy atom. The lowest BCUT2D eigenvalue weighted by atomic mass is 10.0. The number of rotatable bonds is 10. The Balaban J connectivity index is 2.81. The van der Waals surface area contributed by atoms with Crippen molar-refractivity contribution in [2.24, 2.45) is 0 Å². The van der Waals surface area contributed by atoms with Crippen LogP contribution in [0.25, 0.3) is 0 Å². The third-order valence-corrected chi connectivity index (χ3v) is 3.05. The van der Waals surface area contributed by atoms with Gasteiger partial charge in [-0.15, -0.1) is 0 Å². The maximum absolute atomic E-state index is 5.93. The monoisotopic (exact) mass is 279 g/mol. The molecule has 3 heteroatoms. The van der Waals surface area contributed by atoms with Gasteiger partial charge >= 0.3 is 0 Å². The number of hydrogen-bond donors (Lipinski definition) is 1. The summed E-state index contributed by atoms with van der Waals surface area (Å²) in [7, 11) is 0. The number of nitrogens with one attached hydrogen (secondary N) is 1. The van der Waals surface area contributed by atoms with Crippen LogP contribution in [0.5, 0.6) is 5.75 Å². The second-order valence-corrected chi connectivity index (χ2v) is 5.20. The van der Waals surface area contributed by atoms with Gasteiger partial charge < -0.3 is 14.8 Å². The smallest absolute Gasteiger partial charge is 0.124 e. The van der Waals surface area contributed by atoms with Gasteiger partial charge in [-0.2, -0.15) is 0 Å². The first-order chi connectivity index (χ1) is 9.69. The fraction of sp³-hybridized carbons (Fsp3) is 0.647. The molecule has 0 radical (unpaired) electrons. The summed E-state index contributed by atoms with van der Waals surface area (Å²) in [5, 5.41) is 3.60. The van der Waals surface area contributed by atoms with Gasteiger partial charge in [-0.1, -0.05) is 25.1 Å². The van der Waals surface area contributed by atoms with Gasteiger partial charge in [-0.3, -0.25) is 0 Å². The normalized spacial score (nSPS) is 12.7. The first-order valence-corrected chi connectivity index (χ1v) is 7.75. The molecule has 0 aromatic heterocycles. The third-order valence-electron chi connectivity index (χ3n) is 3.05. The number of benzene rings is 1. The molecule has 0 spiro atoms. The summed E-state index contributed by atoms with van der Waals surface area (Å²) in [4.78, 5) is 0. The van der Waals surface area contributed by atoms with Gasteiger partial charge in [0, 0.05) is 24.8 Å². The molecule has 0 bridgehead atoms. The van der Waals surface area contributed by atoms with Gasteiger partial charge in [0.1, 0.15) is 5.75 Å². The lowest BCUT2D eigenvalue weighted by molar-refractivity contribution is 0.135. The van der Waals surface area contributed by atoms with E-state index in [0.717, 1.165) is 38.3 Å². The quantitative estimate of drug-likeness (QED) is 0.658. The maximum Gasteiger partial charge on any atom is 0.124 e. The summed E-state index contributed by atoms with van der Waals surface area (Å²) < 4.78 is 11.4. The SMILES string of the molecule is CCCNC(CCOCC)c1ccccc1OC(C)C. The van der Waals surface area contributed by atoms with Crippen LogP contribution in [0, 0.1) is 0 Å². The molecular formula is C17H29NO2. The van der Waals surface area contributed by atoms with Gasteiger partial charge in [-0.25, -0.2) is 0 Å². The number of para-hydroxylation sites is 1. The van der Waals surface area contributed by atoms with Crippen LogP contribution < -0.4 is 10.1 Å². The van der Waals surface area contributed by atoms with Crippen molar-refractivity contribution in [3.8, 4) is 5.75 Å². The van der Waals surface area contributed by atoms with E-state index in [-0.39, 0.29) is 12.1 Å². The fourth-order valence-electron chi connectivity index (χ4n) is 2.16. The van der Waals surface area contributed by atoms with Crippen molar-refractivity contribution in [2.45, 2.75) is 52.7 Å². The highest BCUT2D eigenvalue weighted by atomic mass is 16.5. The molecule has 114 valence electrons. The summed E-state index contributed by atoms with van der Waals surface area (Å²) in [6.45, 7) is 10.9. The average molecular weight is 279 g/mol. The molecule has 0 amide bonds. The topological polar surface area (TPSA) is 30.5 Å². The molecule has 0 aliphatic heterocycles. The Morgan fingerprint density at radius 2 is 1.90 bits per heavy atom. The molecule has 0 aliphatic carbocycles. The summed E-state index contributed by atoms with van der Waals surface area (Å²) in [6.07, 6.45) is 2.28. The molecule has 0 heterocycles. The zero-order valence-corrected chi connectivity index (χ0v) is 13.3. The molecule has 0 fully saturated rings. The molecule has 0 saturated heterocycles. The summed E-state index contributed by atoms with van der Waals surface area (Å²) in [5.74, 6) is 0.979. The van der Waals surface area contributed by atoms with E-state index in [2.05, 4.69) is 44.3 Å². The minimum atomic E-state index is 0.190. The lowest BCUT2D eigenvalue weighted by Crippen LogP contribution is -2.24. The maximum atomic E-state index is 5.93. The van der Waals surface area contributed by atoms with Crippen LogP contribution >= 0.6 is 0 Å². The minimum Gasteiger partial charge on any atom is -0.491 e. The molecule has 0 aliphatic rings. The molecular weight excluding hydrogens is 250 g/mol.